The summed E-state index contributed by atoms with van der Waals surface area (Å²) in [6, 6.07) is 1.83. The van der Waals surface area contributed by atoms with Crippen LogP contribution < -0.4 is 0 Å². The molecule has 1 amide bonds. The zero-order chi connectivity index (χ0) is 25.3. The lowest BCUT2D eigenvalue weighted by Crippen LogP contribution is -2.49. The van der Waals surface area contributed by atoms with Gasteiger partial charge in [0.2, 0.25) is 5.91 Å². The highest BCUT2D eigenvalue weighted by Gasteiger charge is 2.51. The van der Waals surface area contributed by atoms with Crippen molar-refractivity contribution >= 4 is 5.91 Å². The first-order valence-electron chi connectivity index (χ1n) is 12.5. The zero-order valence-corrected chi connectivity index (χ0v) is 21.4. The molecule has 0 bridgehead atoms. The van der Waals surface area contributed by atoms with E-state index in [1.807, 2.05) is 0 Å². The van der Waals surface area contributed by atoms with E-state index in [1.54, 1.807) is 12.0 Å². The van der Waals surface area contributed by atoms with Crippen LogP contribution in [0.25, 0.3) is 0 Å². The third-order valence-corrected chi connectivity index (χ3v) is 8.31. The number of amides is 1. The highest BCUT2D eigenvalue weighted by atomic mass is 19.4. The van der Waals surface area contributed by atoms with Gasteiger partial charge in [-0.15, -0.1) is 0 Å². The Balaban J connectivity index is 1.79. The standard InChI is InChI=1S/C26H40F3N3O2/c1-7-23(18(4)16-34-6)31(5)21-8-10-25(13-21,17(2)3)24(33)32-11-9-22-19(15-32)12-20(14-30-22)26(27,28)29/h12,14,17-18,21,23H,7-11,13,15-16H2,1-6H3/t18?,21-,23?,25+/m1/s1. The molecule has 34 heavy (non-hydrogen) atoms. The molecule has 0 N–H and O–H groups in total. The molecule has 4 atom stereocenters. The Morgan fingerprint density at radius 3 is 2.65 bits per heavy atom. The molecule has 1 fully saturated rings. The first kappa shape index (κ1) is 26.9. The smallest absolute Gasteiger partial charge is 0.384 e. The molecule has 1 aliphatic heterocycles. The van der Waals surface area contributed by atoms with Crippen molar-refractivity contribution in [3.8, 4) is 0 Å². The fourth-order valence-electron chi connectivity index (χ4n) is 6.17. The quantitative estimate of drug-likeness (QED) is 0.512. The lowest BCUT2D eigenvalue weighted by molar-refractivity contribution is -0.146. The summed E-state index contributed by atoms with van der Waals surface area (Å²) in [5.41, 5.74) is -0.0663. The summed E-state index contributed by atoms with van der Waals surface area (Å²) in [5, 5.41) is 0. The molecule has 0 saturated heterocycles. The topological polar surface area (TPSA) is 45.7 Å². The molecule has 2 unspecified atom stereocenters. The maximum absolute atomic E-state index is 13.9. The minimum atomic E-state index is -4.44. The number of nitrogens with zero attached hydrogens (tertiary/aromatic N) is 3. The molecule has 5 nitrogen and oxygen atoms in total. The van der Waals surface area contributed by atoms with Crippen molar-refractivity contribution in [2.75, 3.05) is 27.3 Å². The second-order valence-electron chi connectivity index (χ2n) is 10.6. The van der Waals surface area contributed by atoms with E-state index in [4.69, 9.17) is 4.74 Å². The summed E-state index contributed by atoms with van der Waals surface area (Å²) in [5.74, 6) is 0.619. The van der Waals surface area contributed by atoms with Crippen molar-refractivity contribution in [1.82, 2.24) is 14.8 Å². The van der Waals surface area contributed by atoms with Crippen LogP contribution in [0.1, 0.15) is 70.2 Å². The molecule has 1 saturated carbocycles. The van der Waals surface area contributed by atoms with E-state index >= 15 is 0 Å². The van der Waals surface area contributed by atoms with E-state index in [9.17, 15) is 18.0 Å². The SMILES string of the molecule is CCC(C(C)COC)N(C)[C@@H]1CC[C@@](C(=O)N2CCc3ncc(C(F)(F)F)cc3C2)(C(C)C)C1. The van der Waals surface area contributed by atoms with E-state index in [1.165, 1.54) is 0 Å². The Hall–Kier alpha value is -1.67. The minimum absolute atomic E-state index is 0.0828. The van der Waals surface area contributed by atoms with Crippen LogP contribution in [0.5, 0.6) is 0 Å². The van der Waals surface area contributed by atoms with Crippen molar-refractivity contribution in [3.05, 3.63) is 29.1 Å². The van der Waals surface area contributed by atoms with Gasteiger partial charge in [0.05, 0.1) is 17.6 Å². The number of rotatable bonds is 8. The van der Waals surface area contributed by atoms with Crippen molar-refractivity contribution in [3.63, 3.8) is 0 Å². The van der Waals surface area contributed by atoms with Gasteiger partial charge in [0.25, 0.3) is 0 Å². The number of fused-ring (bicyclic) bond motifs is 1. The number of methoxy groups -OCH3 is 1. The first-order chi connectivity index (χ1) is 15.9. The second kappa shape index (κ2) is 10.5. The van der Waals surface area contributed by atoms with E-state index < -0.39 is 17.2 Å². The molecule has 0 radical (unpaired) electrons. The van der Waals surface area contributed by atoms with Gasteiger partial charge in [-0.3, -0.25) is 9.78 Å². The Bertz CT molecular complexity index is 860. The highest BCUT2D eigenvalue weighted by molar-refractivity contribution is 5.83. The van der Waals surface area contributed by atoms with Crippen molar-refractivity contribution in [2.45, 2.75) is 84.6 Å². The third kappa shape index (κ3) is 5.27. The maximum Gasteiger partial charge on any atom is 0.417 e. The summed E-state index contributed by atoms with van der Waals surface area (Å²) in [6.07, 6.45) is 0.490. The van der Waals surface area contributed by atoms with Gasteiger partial charge in [-0.1, -0.05) is 27.7 Å². The number of alkyl halides is 3. The minimum Gasteiger partial charge on any atom is -0.384 e. The molecule has 0 spiro atoms. The van der Waals surface area contributed by atoms with Crippen LogP contribution >= 0.6 is 0 Å². The number of hydrogen-bond acceptors (Lipinski definition) is 4. The molecular weight excluding hydrogens is 443 g/mol. The van der Waals surface area contributed by atoms with Crippen molar-refractivity contribution < 1.29 is 22.7 Å². The number of aromatic nitrogens is 1. The molecule has 2 heterocycles. The van der Waals surface area contributed by atoms with E-state index in [-0.39, 0.29) is 18.4 Å². The molecule has 1 aromatic rings. The average Bonchev–Trinajstić information content (AvgIpc) is 3.25. The number of hydrogen-bond donors (Lipinski definition) is 0. The molecule has 1 aromatic heterocycles. The number of halogens is 3. The normalized spacial score (nSPS) is 25.0. The predicted molar refractivity (Wildman–Crippen MR) is 126 cm³/mol. The average molecular weight is 484 g/mol. The summed E-state index contributed by atoms with van der Waals surface area (Å²) >= 11 is 0. The number of carbonyl (C=O) groups excluding carboxylic acids is 1. The van der Waals surface area contributed by atoms with Gasteiger partial charge < -0.3 is 14.5 Å². The molecule has 8 heteroatoms. The van der Waals surface area contributed by atoms with Crippen LogP contribution in [-0.2, 0) is 28.7 Å². The summed E-state index contributed by atoms with van der Waals surface area (Å²) in [6.45, 7) is 10.0. The molecule has 1 aliphatic carbocycles. The van der Waals surface area contributed by atoms with Crippen LogP contribution in [0, 0.1) is 17.3 Å². The number of carbonyl (C=O) groups is 1. The van der Waals surface area contributed by atoms with Gasteiger partial charge >= 0.3 is 6.18 Å². The lowest BCUT2D eigenvalue weighted by atomic mass is 9.73. The van der Waals surface area contributed by atoms with Crippen LogP contribution in [0.15, 0.2) is 12.3 Å². The fourth-order valence-corrected chi connectivity index (χ4v) is 6.17. The Labute approximate surface area is 202 Å². The summed E-state index contributed by atoms with van der Waals surface area (Å²) in [4.78, 5) is 22.2. The van der Waals surface area contributed by atoms with E-state index in [0.717, 1.165) is 37.9 Å². The van der Waals surface area contributed by atoms with Crippen LogP contribution in [-0.4, -0.2) is 60.1 Å². The Morgan fingerprint density at radius 1 is 1.35 bits per heavy atom. The Morgan fingerprint density at radius 2 is 2.06 bits per heavy atom. The number of ether oxygens (including phenoxy) is 1. The monoisotopic (exact) mass is 483 g/mol. The van der Waals surface area contributed by atoms with Crippen molar-refractivity contribution in [1.29, 1.82) is 0 Å². The van der Waals surface area contributed by atoms with E-state index in [0.29, 0.717) is 48.8 Å². The lowest BCUT2D eigenvalue weighted by Gasteiger charge is -2.41. The molecular formula is C26H40F3N3O2. The van der Waals surface area contributed by atoms with E-state index in [2.05, 4.69) is 44.6 Å². The largest absolute Gasteiger partial charge is 0.417 e. The first-order valence-corrected chi connectivity index (χ1v) is 12.5. The van der Waals surface area contributed by atoms with Gasteiger partial charge in [0.1, 0.15) is 0 Å². The third-order valence-electron chi connectivity index (χ3n) is 8.31. The highest BCUT2D eigenvalue weighted by Crippen LogP contribution is 2.48. The molecule has 3 rings (SSSR count). The molecule has 2 aliphatic rings. The number of pyridine rings is 1. The van der Waals surface area contributed by atoms with Gasteiger partial charge in [-0.05, 0) is 56.2 Å². The zero-order valence-electron chi connectivity index (χ0n) is 21.4. The summed E-state index contributed by atoms with van der Waals surface area (Å²) < 4.78 is 45.0. The fraction of sp³-hybridized carbons (Fsp3) is 0.769. The summed E-state index contributed by atoms with van der Waals surface area (Å²) in [7, 11) is 3.89. The van der Waals surface area contributed by atoms with Gasteiger partial charge in [-0.25, -0.2) is 0 Å². The van der Waals surface area contributed by atoms with Crippen LogP contribution in [0.3, 0.4) is 0 Å². The Kier molecular flexibility index (Phi) is 8.33. The predicted octanol–water partition coefficient (Wildman–Crippen LogP) is 5.17. The maximum atomic E-state index is 13.9. The van der Waals surface area contributed by atoms with Crippen LogP contribution in [0.4, 0.5) is 13.2 Å². The van der Waals surface area contributed by atoms with Gasteiger partial charge in [0, 0.05) is 50.6 Å². The second-order valence-corrected chi connectivity index (χ2v) is 10.6. The molecule has 192 valence electrons. The van der Waals surface area contributed by atoms with Gasteiger partial charge in [0.15, 0.2) is 0 Å². The van der Waals surface area contributed by atoms with Crippen molar-refractivity contribution in [2.24, 2.45) is 17.3 Å². The van der Waals surface area contributed by atoms with Gasteiger partial charge in [-0.2, -0.15) is 13.2 Å². The molecule has 0 aromatic carbocycles. The van der Waals surface area contributed by atoms with Crippen LogP contribution in [0.2, 0.25) is 0 Å².